The molecule has 2 rings (SSSR count). The zero-order valence-corrected chi connectivity index (χ0v) is 14.7. The molecule has 0 aliphatic rings. The van der Waals surface area contributed by atoms with Crippen molar-refractivity contribution in [2.24, 2.45) is 5.10 Å². The summed E-state index contributed by atoms with van der Waals surface area (Å²) in [7, 11) is 1.63. The lowest BCUT2D eigenvalue weighted by Crippen LogP contribution is -2.25. The number of halogens is 1. The van der Waals surface area contributed by atoms with Gasteiger partial charge in [0.15, 0.2) is 5.11 Å². The molecule has 0 unspecified atom stereocenters. The first-order valence-corrected chi connectivity index (χ1v) is 7.80. The minimum absolute atomic E-state index is 0.427. The van der Waals surface area contributed by atoms with Gasteiger partial charge < -0.3 is 10.1 Å². The van der Waals surface area contributed by atoms with E-state index in [1.54, 1.807) is 7.11 Å². The highest BCUT2D eigenvalue weighted by Crippen LogP contribution is 2.17. The van der Waals surface area contributed by atoms with Gasteiger partial charge in [-0.05, 0) is 49.5 Å². The summed E-state index contributed by atoms with van der Waals surface area (Å²) >= 11 is 8.73. The van der Waals surface area contributed by atoms with Crippen LogP contribution < -0.4 is 15.5 Å². The van der Waals surface area contributed by atoms with Crippen molar-refractivity contribution in [3.8, 4) is 5.75 Å². The summed E-state index contributed by atoms with van der Waals surface area (Å²) in [4.78, 5) is 0. The lowest BCUT2D eigenvalue weighted by Gasteiger charge is -2.09. The highest BCUT2D eigenvalue weighted by molar-refractivity contribution is 9.10. The number of hydrogen-bond donors (Lipinski definition) is 2. The summed E-state index contributed by atoms with van der Waals surface area (Å²) in [5, 5.41) is 7.78. The lowest BCUT2D eigenvalue weighted by molar-refractivity contribution is 0.415. The van der Waals surface area contributed by atoms with Crippen LogP contribution >= 0.6 is 28.1 Å². The summed E-state index contributed by atoms with van der Waals surface area (Å²) in [5.74, 6) is 0.798. The predicted molar refractivity (Wildman–Crippen MR) is 98.7 cm³/mol. The summed E-state index contributed by atoms with van der Waals surface area (Å²) in [6, 6.07) is 15.4. The van der Waals surface area contributed by atoms with Gasteiger partial charge in [0.05, 0.1) is 12.8 Å². The summed E-state index contributed by atoms with van der Waals surface area (Å²) < 4.78 is 6.10. The van der Waals surface area contributed by atoms with Gasteiger partial charge in [0.25, 0.3) is 0 Å². The third kappa shape index (κ3) is 4.54. The van der Waals surface area contributed by atoms with Gasteiger partial charge in [0.1, 0.15) is 5.75 Å². The fourth-order valence-corrected chi connectivity index (χ4v) is 2.52. The predicted octanol–water partition coefficient (Wildman–Crippen LogP) is 4.17. The van der Waals surface area contributed by atoms with Crippen molar-refractivity contribution >= 4 is 44.7 Å². The number of nitrogens with zero attached hydrogens (tertiary/aromatic N) is 1. The van der Waals surface area contributed by atoms with Gasteiger partial charge in [0, 0.05) is 15.7 Å². The Morgan fingerprint density at radius 2 is 1.82 bits per heavy atom. The molecule has 0 aromatic heterocycles. The highest BCUT2D eigenvalue weighted by atomic mass is 79.9. The maximum absolute atomic E-state index is 5.23. The van der Waals surface area contributed by atoms with Crippen LogP contribution in [0.4, 0.5) is 5.69 Å². The van der Waals surface area contributed by atoms with Gasteiger partial charge >= 0.3 is 0 Å². The molecule has 0 saturated heterocycles. The molecule has 6 heteroatoms. The van der Waals surface area contributed by atoms with Crippen LogP contribution in [-0.2, 0) is 0 Å². The second kappa shape index (κ2) is 7.91. The Morgan fingerprint density at radius 3 is 2.45 bits per heavy atom. The van der Waals surface area contributed by atoms with E-state index in [0.29, 0.717) is 5.11 Å². The first-order chi connectivity index (χ1) is 10.6. The Morgan fingerprint density at radius 1 is 1.14 bits per heavy atom. The van der Waals surface area contributed by atoms with E-state index in [2.05, 4.69) is 31.8 Å². The Kier molecular flexibility index (Phi) is 5.91. The third-order valence-electron chi connectivity index (χ3n) is 2.94. The largest absolute Gasteiger partial charge is 0.497 e. The number of anilines is 1. The average Bonchev–Trinajstić information content (AvgIpc) is 2.54. The van der Waals surface area contributed by atoms with Gasteiger partial charge in [-0.15, -0.1) is 0 Å². The Hall–Kier alpha value is -1.92. The fraction of sp³-hybridized carbons (Fsp3) is 0.125. The Balaban J connectivity index is 1.97. The average molecular weight is 378 g/mol. The van der Waals surface area contributed by atoms with E-state index < -0.39 is 0 Å². The van der Waals surface area contributed by atoms with Crippen molar-refractivity contribution in [2.75, 3.05) is 12.4 Å². The second-order valence-electron chi connectivity index (χ2n) is 4.47. The monoisotopic (exact) mass is 377 g/mol. The van der Waals surface area contributed by atoms with E-state index in [0.717, 1.165) is 27.2 Å². The van der Waals surface area contributed by atoms with Crippen molar-refractivity contribution < 1.29 is 4.74 Å². The molecule has 0 atom stereocenters. The molecule has 0 bridgehead atoms. The molecule has 0 amide bonds. The van der Waals surface area contributed by atoms with E-state index in [-0.39, 0.29) is 0 Å². The van der Waals surface area contributed by atoms with Crippen molar-refractivity contribution in [3.63, 3.8) is 0 Å². The Bertz CT molecular complexity index is 686. The number of benzene rings is 2. The topological polar surface area (TPSA) is 45.6 Å². The zero-order chi connectivity index (χ0) is 15.9. The molecule has 0 aliphatic carbocycles. The highest BCUT2D eigenvalue weighted by Gasteiger charge is 2.03. The van der Waals surface area contributed by atoms with Gasteiger partial charge in [-0.1, -0.05) is 34.1 Å². The van der Waals surface area contributed by atoms with Crippen LogP contribution in [0, 0.1) is 0 Å². The number of hydrazone groups is 1. The van der Waals surface area contributed by atoms with Crippen molar-refractivity contribution in [3.05, 3.63) is 58.6 Å². The number of rotatable bonds is 4. The van der Waals surface area contributed by atoms with Crippen LogP contribution in [0.5, 0.6) is 5.75 Å². The quantitative estimate of drug-likeness (QED) is 0.476. The minimum atomic E-state index is 0.427. The molecule has 0 saturated carbocycles. The van der Waals surface area contributed by atoms with Gasteiger partial charge in [-0.25, -0.2) is 0 Å². The first-order valence-electron chi connectivity index (χ1n) is 6.60. The van der Waals surface area contributed by atoms with Crippen LogP contribution in [0.2, 0.25) is 0 Å². The standard InChI is InChI=1S/C16H16BrN3OS/c1-11(14-5-3-4-6-15(14)17)19-20-16(22)18-12-7-9-13(21-2)10-8-12/h3-10H,1-2H3,(H2,18,20,22)/b19-11+. The fourth-order valence-electron chi connectivity index (χ4n) is 1.78. The Labute approximate surface area is 143 Å². The lowest BCUT2D eigenvalue weighted by atomic mass is 10.1. The molecule has 4 nitrogen and oxygen atoms in total. The number of nitrogens with one attached hydrogen (secondary N) is 2. The molecule has 0 spiro atoms. The smallest absolute Gasteiger partial charge is 0.191 e. The van der Waals surface area contributed by atoms with Crippen LogP contribution in [0.25, 0.3) is 0 Å². The zero-order valence-electron chi connectivity index (χ0n) is 12.3. The molecule has 114 valence electrons. The maximum Gasteiger partial charge on any atom is 0.191 e. The summed E-state index contributed by atoms with van der Waals surface area (Å²) in [6.07, 6.45) is 0. The van der Waals surface area contributed by atoms with Crippen LogP contribution in [0.15, 0.2) is 58.1 Å². The maximum atomic E-state index is 5.23. The van der Waals surface area contributed by atoms with Crippen molar-refractivity contribution in [2.45, 2.75) is 6.92 Å². The van der Waals surface area contributed by atoms with Crippen molar-refractivity contribution in [1.29, 1.82) is 0 Å². The summed E-state index contributed by atoms with van der Waals surface area (Å²) in [6.45, 7) is 1.92. The van der Waals surface area contributed by atoms with E-state index >= 15 is 0 Å². The van der Waals surface area contributed by atoms with Crippen LogP contribution in [0.1, 0.15) is 12.5 Å². The van der Waals surface area contributed by atoms with Gasteiger partial charge in [-0.2, -0.15) is 5.10 Å². The SMILES string of the molecule is COc1ccc(NC(=S)N/N=C(\C)c2ccccc2Br)cc1. The second-order valence-corrected chi connectivity index (χ2v) is 5.73. The molecule has 22 heavy (non-hydrogen) atoms. The van der Waals surface area contributed by atoms with E-state index in [9.17, 15) is 0 Å². The first kappa shape index (κ1) is 16.5. The molecular weight excluding hydrogens is 362 g/mol. The molecule has 0 heterocycles. The number of ether oxygens (including phenoxy) is 1. The van der Waals surface area contributed by atoms with Crippen LogP contribution in [0.3, 0.4) is 0 Å². The van der Waals surface area contributed by atoms with Gasteiger partial charge in [-0.3, -0.25) is 5.43 Å². The van der Waals surface area contributed by atoms with E-state index in [1.807, 2.05) is 55.5 Å². The van der Waals surface area contributed by atoms with Crippen molar-refractivity contribution in [1.82, 2.24) is 5.43 Å². The minimum Gasteiger partial charge on any atom is -0.497 e. The molecule has 0 fully saturated rings. The van der Waals surface area contributed by atoms with E-state index in [1.165, 1.54) is 0 Å². The molecule has 2 aromatic carbocycles. The molecule has 2 aromatic rings. The molecule has 0 aliphatic heterocycles. The number of thiocarbonyl (C=S) groups is 1. The molecule has 0 radical (unpaired) electrons. The van der Waals surface area contributed by atoms with Crippen LogP contribution in [-0.4, -0.2) is 17.9 Å². The number of methoxy groups -OCH3 is 1. The van der Waals surface area contributed by atoms with Gasteiger partial charge in [0.2, 0.25) is 0 Å². The summed E-state index contributed by atoms with van der Waals surface area (Å²) in [5.41, 5.74) is 5.56. The molecular formula is C16H16BrN3OS. The number of hydrogen-bond acceptors (Lipinski definition) is 3. The third-order valence-corrected chi connectivity index (χ3v) is 3.82. The molecule has 2 N–H and O–H groups in total. The normalized spacial score (nSPS) is 11.0. The van der Waals surface area contributed by atoms with E-state index in [4.69, 9.17) is 17.0 Å².